The van der Waals surface area contributed by atoms with Gasteiger partial charge in [-0.2, -0.15) is 0 Å². The van der Waals surface area contributed by atoms with E-state index in [0.717, 1.165) is 99.5 Å². The lowest BCUT2D eigenvalue weighted by Crippen LogP contribution is -2.00. The van der Waals surface area contributed by atoms with Gasteiger partial charge >= 0.3 is 0 Å². The van der Waals surface area contributed by atoms with Crippen molar-refractivity contribution in [2.24, 2.45) is 0 Å². The maximum atomic E-state index is 6.57. The molecule has 0 radical (unpaired) electrons. The molecule has 0 bridgehead atoms. The number of benzene rings is 12. The Balaban J connectivity index is 0.000000145. The van der Waals surface area contributed by atoms with Gasteiger partial charge in [0.1, 0.15) is 22.3 Å². The van der Waals surface area contributed by atoms with Crippen LogP contribution in [0.5, 0.6) is 0 Å². The Hall–Kier alpha value is -11.7. The number of aromatic nitrogens is 6. The van der Waals surface area contributed by atoms with E-state index >= 15 is 0 Å². The molecule has 0 N–H and O–H groups in total. The zero-order chi connectivity index (χ0) is 57.2. The number of hydrogen-bond acceptors (Lipinski definition) is 8. The fourth-order valence-electron chi connectivity index (χ4n) is 11.2. The molecule has 8 heteroatoms. The molecule has 4 aromatic heterocycles. The zero-order valence-corrected chi connectivity index (χ0v) is 46.4. The van der Waals surface area contributed by atoms with Crippen molar-refractivity contribution in [2.75, 3.05) is 0 Å². The third-order valence-electron chi connectivity index (χ3n) is 15.5. The van der Waals surface area contributed by atoms with Gasteiger partial charge in [0.15, 0.2) is 34.9 Å². The molecule has 4 heterocycles. The first-order valence-corrected chi connectivity index (χ1v) is 28.6. The Morgan fingerprint density at radius 3 is 0.953 bits per heavy atom. The third-order valence-corrected chi connectivity index (χ3v) is 15.5. The molecule has 16 rings (SSSR count). The van der Waals surface area contributed by atoms with Crippen molar-refractivity contribution in [3.8, 4) is 113 Å². The van der Waals surface area contributed by atoms with Crippen LogP contribution in [-0.4, -0.2) is 29.9 Å². The van der Waals surface area contributed by atoms with Crippen LogP contribution < -0.4 is 0 Å². The summed E-state index contributed by atoms with van der Waals surface area (Å²) in [5.74, 6) is 3.75. The molecule has 0 saturated carbocycles. The smallest absolute Gasteiger partial charge is 0.164 e. The average molecular weight is 1100 g/mol. The lowest BCUT2D eigenvalue weighted by Gasteiger charge is -2.11. The molecule has 12 aromatic carbocycles. The van der Waals surface area contributed by atoms with E-state index in [0.29, 0.717) is 34.9 Å². The molecule has 0 atom stereocenters. The quantitative estimate of drug-likeness (QED) is 0.133. The van der Waals surface area contributed by atoms with Crippen molar-refractivity contribution < 1.29 is 8.83 Å². The largest absolute Gasteiger partial charge is 0.455 e. The van der Waals surface area contributed by atoms with E-state index in [1.54, 1.807) is 0 Å². The highest BCUT2D eigenvalue weighted by Crippen LogP contribution is 2.43. The molecule has 0 fully saturated rings. The summed E-state index contributed by atoms with van der Waals surface area (Å²) in [6.07, 6.45) is 0. The minimum atomic E-state index is 0.607. The molecule has 0 spiro atoms. The number of nitrogens with zero attached hydrogens (tertiary/aromatic N) is 6. The molecule has 86 heavy (non-hydrogen) atoms. The van der Waals surface area contributed by atoms with E-state index < -0.39 is 0 Å². The Bertz CT molecular complexity index is 4940. The van der Waals surface area contributed by atoms with E-state index in [1.165, 1.54) is 22.3 Å². The van der Waals surface area contributed by atoms with Crippen molar-refractivity contribution in [3.05, 3.63) is 303 Å². The SMILES string of the molecule is c1ccc(-c2ccc(-c3cc(-c4nc(-c5ccccc5)nc(-c5ccccc5)n4)cc4c3oc3ccccc34)cc2)cc1.c1ccc(-c2ccc(-c3ccc(-c4nc(-c5ccccc5)nc(-c5ccccc5)n4)c4c3oc3ccccc34)cc2)cc1. The first-order valence-electron chi connectivity index (χ1n) is 28.6. The highest BCUT2D eigenvalue weighted by molar-refractivity contribution is 6.16. The average Bonchev–Trinajstić information content (AvgIpc) is 2.54. The molecule has 404 valence electrons. The fraction of sp³-hybridized carbons (Fsp3) is 0. The molecule has 0 saturated heterocycles. The number of rotatable bonds is 10. The Labute approximate surface area is 496 Å². The second-order valence-corrected chi connectivity index (χ2v) is 20.9. The van der Waals surface area contributed by atoms with Crippen molar-refractivity contribution in [3.63, 3.8) is 0 Å². The van der Waals surface area contributed by atoms with E-state index in [-0.39, 0.29) is 0 Å². The van der Waals surface area contributed by atoms with Crippen LogP contribution >= 0.6 is 0 Å². The van der Waals surface area contributed by atoms with Gasteiger partial charge in [0.2, 0.25) is 0 Å². The normalized spacial score (nSPS) is 11.3. The molecular weight excluding hydrogens is 1050 g/mol. The first-order chi connectivity index (χ1) is 42.6. The highest BCUT2D eigenvalue weighted by atomic mass is 16.3. The van der Waals surface area contributed by atoms with Gasteiger partial charge in [-0.3, -0.25) is 0 Å². The van der Waals surface area contributed by atoms with Crippen molar-refractivity contribution in [2.45, 2.75) is 0 Å². The summed E-state index contributed by atoms with van der Waals surface area (Å²) in [6.45, 7) is 0. The summed E-state index contributed by atoms with van der Waals surface area (Å²) in [4.78, 5) is 29.8. The van der Waals surface area contributed by atoms with Gasteiger partial charge in [-0.05, 0) is 69.8 Å². The second kappa shape index (κ2) is 22.5. The molecule has 0 amide bonds. The van der Waals surface area contributed by atoms with Crippen LogP contribution in [0.1, 0.15) is 0 Å². The zero-order valence-electron chi connectivity index (χ0n) is 46.4. The first kappa shape index (κ1) is 51.2. The van der Waals surface area contributed by atoms with E-state index in [2.05, 4.69) is 133 Å². The molecule has 8 nitrogen and oxygen atoms in total. The lowest BCUT2D eigenvalue weighted by atomic mass is 9.96. The van der Waals surface area contributed by atoms with Crippen molar-refractivity contribution in [1.82, 2.24) is 29.9 Å². The lowest BCUT2D eigenvalue weighted by molar-refractivity contribution is 0.669. The van der Waals surface area contributed by atoms with Crippen molar-refractivity contribution >= 4 is 43.9 Å². The summed E-state index contributed by atoms with van der Waals surface area (Å²) >= 11 is 0. The Morgan fingerprint density at radius 1 is 0.186 bits per heavy atom. The second-order valence-electron chi connectivity index (χ2n) is 20.9. The minimum Gasteiger partial charge on any atom is -0.455 e. The van der Waals surface area contributed by atoms with Crippen LogP contribution in [-0.2, 0) is 0 Å². The number of hydrogen-bond donors (Lipinski definition) is 0. The topological polar surface area (TPSA) is 104 Å². The van der Waals surface area contributed by atoms with E-state index in [9.17, 15) is 0 Å². The van der Waals surface area contributed by atoms with Crippen LogP contribution in [0.2, 0.25) is 0 Å². The Kier molecular flexibility index (Phi) is 13.4. The summed E-state index contributed by atoms with van der Waals surface area (Å²) in [5.41, 5.74) is 17.8. The van der Waals surface area contributed by atoms with Crippen LogP contribution in [0.15, 0.2) is 312 Å². The van der Waals surface area contributed by atoms with Crippen LogP contribution in [0, 0.1) is 0 Å². The fourth-order valence-corrected chi connectivity index (χ4v) is 11.2. The predicted octanol–water partition coefficient (Wildman–Crippen LogP) is 20.2. The maximum Gasteiger partial charge on any atom is 0.164 e. The number of fused-ring (bicyclic) bond motifs is 6. The minimum absolute atomic E-state index is 0.607. The van der Waals surface area contributed by atoms with Gasteiger partial charge in [0.05, 0.1) is 0 Å². The highest BCUT2D eigenvalue weighted by Gasteiger charge is 2.22. The van der Waals surface area contributed by atoms with Gasteiger partial charge in [-0.1, -0.05) is 267 Å². The molecule has 0 aliphatic heterocycles. The standard InChI is InChI=1S/2C39H25N3O/c1-4-12-26(13-5-1)27-20-22-28(23-21-27)33-24-31(25-34-32-18-10-11-19-35(32)43-36(33)34)39-41-37(29-14-6-2-7-15-29)40-38(42-39)30-16-8-3-9-17-30;1-4-12-26(13-5-1)27-20-22-28(23-21-27)31-24-25-33(35-32-18-10-11-19-34(32)43-36(31)35)39-41-37(29-14-6-2-7-15-29)40-38(42-39)30-16-8-3-9-17-30/h2*1-25H. The maximum absolute atomic E-state index is 6.57. The number of furan rings is 2. The predicted molar refractivity (Wildman–Crippen MR) is 349 cm³/mol. The van der Waals surface area contributed by atoms with Gasteiger partial charge < -0.3 is 8.83 Å². The monoisotopic (exact) mass is 1100 g/mol. The van der Waals surface area contributed by atoms with Crippen molar-refractivity contribution in [1.29, 1.82) is 0 Å². The van der Waals surface area contributed by atoms with Gasteiger partial charge in [-0.15, -0.1) is 0 Å². The summed E-state index contributed by atoms with van der Waals surface area (Å²) in [6, 6.07) is 103. The molecular formula is C78H50N6O2. The van der Waals surface area contributed by atoms with Crippen LogP contribution in [0.3, 0.4) is 0 Å². The van der Waals surface area contributed by atoms with Crippen LogP contribution in [0.25, 0.3) is 157 Å². The molecule has 0 aliphatic rings. The summed E-state index contributed by atoms with van der Waals surface area (Å²) < 4.78 is 13.1. The molecule has 16 aromatic rings. The molecule has 0 unspecified atom stereocenters. The molecule has 0 aliphatic carbocycles. The summed E-state index contributed by atoms with van der Waals surface area (Å²) in [5, 5.41) is 4.10. The van der Waals surface area contributed by atoms with E-state index in [1.807, 2.05) is 170 Å². The summed E-state index contributed by atoms with van der Waals surface area (Å²) in [7, 11) is 0. The van der Waals surface area contributed by atoms with Gasteiger partial charge in [0.25, 0.3) is 0 Å². The Morgan fingerprint density at radius 2 is 0.500 bits per heavy atom. The van der Waals surface area contributed by atoms with E-state index in [4.69, 9.17) is 38.7 Å². The van der Waals surface area contributed by atoms with Crippen LogP contribution in [0.4, 0.5) is 0 Å². The van der Waals surface area contributed by atoms with Gasteiger partial charge in [-0.25, -0.2) is 29.9 Å². The van der Waals surface area contributed by atoms with Gasteiger partial charge in [0, 0.05) is 66.1 Å². The number of para-hydroxylation sites is 2. The third kappa shape index (κ3) is 10.0.